The molecule has 1 rings (SSSR count). The van der Waals surface area contributed by atoms with Gasteiger partial charge in [0.05, 0.1) is 5.75 Å². The first-order chi connectivity index (χ1) is 6.60. The quantitative estimate of drug-likeness (QED) is 0.684. The topological polar surface area (TPSA) is 63.4 Å². The lowest BCUT2D eigenvalue weighted by molar-refractivity contribution is 0.279. The fraction of sp³-hybridized carbons (Fsp3) is 0.778. The van der Waals surface area contributed by atoms with Crippen molar-refractivity contribution in [3.8, 4) is 0 Å². The van der Waals surface area contributed by atoms with E-state index in [1.807, 2.05) is 0 Å². The molecule has 0 aliphatic carbocycles. The summed E-state index contributed by atoms with van der Waals surface area (Å²) in [6.45, 7) is 5.33. The normalized spacial score (nSPS) is 20.9. The van der Waals surface area contributed by atoms with Gasteiger partial charge in [-0.3, -0.25) is 0 Å². The van der Waals surface area contributed by atoms with Crippen LogP contribution < -0.4 is 5.73 Å². The van der Waals surface area contributed by atoms with Crippen LogP contribution in [0.25, 0.3) is 0 Å². The maximum Gasteiger partial charge on any atom is 0.217 e. The summed E-state index contributed by atoms with van der Waals surface area (Å²) < 4.78 is 24.8. The monoisotopic (exact) mass is 218 g/mol. The zero-order valence-electron chi connectivity index (χ0n) is 8.35. The molecular formula is C9H18N2O2S. The number of nitrogens with zero attached hydrogens (tertiary/aromatic N) is 1. The fourth-order valence-electron chi connectivity index (χ4n) is 1.68. The van der Waals surface area contributed by atoms with Crippen molar-refractivity contribution < 1.29 is 8.42 Å². The zero-order valence-corrected chi connectivity index (χ0v) is 9.17. The van der Waals surface area contributed by atoms with Crippen molar-refractivity contribution in [2.24, 2.45) is 11.7 Å². The second-order valence-corrected chi connectivity index (χ2v) is 5.66. The molecule has 4 nitrogen and oxygen atoms in total. The molecule has 0 saturated carbocycles. The predicted molar refractivity (Wildman–Crippen MR) is 57.3 cm³/mol. The Balaban J connectivity index is 2.53. The molecule has 1 aliphatic heterocycles. The standard InChI is InChI=1S/C9H18N2O2S/c1-2-7-14(12,13)11-5-3-9(8-10)4-6-11/h2,9H,1,3-8,10H2. The molecule has 1 saturated heterocycles. The van der Waals surface area contributed by atoms with E-state index in [1.54, 1.807) is 4.31 Å². The van der Waals surface area contributed by atoms with E-state index in [-0.39, 0.29) is 5.75 Å². The van der Waals surface area contributed by atoms with Crippen molar-refractivity contribution in [3.63, 3.8) is 0 Å². The van der Waals surface area contributed by atoms with E-state index in [2.05, 4.69) is 6.58 Å². The van der Waals surface area contributed by atoms with Gasteiger partial charge in [-0.2, -0.15) is 0 Å². The van der Waals surface area contributed by atoms with Gasteiger partial charge in [0.25, 0.3) is 0 Å². The van der Waals surface area contributed by atoms with Crippen LogP contribution in [0.3, 0.4) is 0 Å². The molecule has 0 bridgehead atoms. The van der Waals surface area contributed by atoms with E-state index in [1.165, 1.54) is 6.08 Å². The molecule has 0 aromatic heterocycles. The number of hydrogen-bond acceptors (Lipinski definition) is 3. The fourth-order valence-corrected chi connectivity index (χ4v) is 2.95. The maximum atomic E-state index is 11.6. The molecule has 0 aromatic carbocycles. The lowest BCUT2D eigenvalue weighted by Gasteiger charge is -2.30. The lowest BCUT2D eigenvalue weighted by atomic mass is 9.99. The third-order valence-electron chi connectivity index (χ3n) is 2.63. The van der Waals surface area contributed by atoms with E-state index < -0.39 is 10.0 Å². The molecule has 2 N–H and O–H groups in total. The van der Waals surface area contributed by atoms with E-state index in [0.717, 1.165) is 12.8 Å². The Bertz CT molecular complexity index is 279. The second-order valence-electron chi connectivity index (χ2n) is 3.65. The molecule has 14 heavy (non-hydrogen) atoms. The number of nitrogens with two attached hydrogens (primary N) is 1. The largest absolute Gasteiger partial charge is 0.330 e. The molecule has 0 amide bonds. The first kappa shape index (κ1) is 11.7. The Morgan fingerprint density at radius 1 is 1.43 bits per heavy atom. The summed E-state index contributed by atoms with van der Waals surface area (Å²) in [5, 5.41) is 0. The zero-order chi connectivity index (χ0) is 10.6. The van der Waals surface area contributed by atoms with Gasteiger partial charge >= 0.3 is 0 Å². The molecule has 1 heterocycles. The van der Waals surface area contributed by atoms with Crippen LogP contribution in [0, 0.1) is 5.92 Å². The Morgan fingerprint density at radius 3 is 2.43 bits per heavy atom. The first-order valence-corrected chi connectivity index (χ1v) is 6.50. The van der Waals surface area contributed by atoms with Crippen molar-refractivity contribution >= 4 is 10.0 Å². The van der Waals surface area contributed by atoms with Crippen molar-refractivity contribution in [1.82, 2.24) is 4.31 Å². The van der Waals surface area contributed by atoms with Gasteiger partial charge in [0.2, 0.25) is 10.0 Å². The highest BCUT2D eigenvalue weighted by Gasteiger charge is 2.26. The van der Waals surface area contributed by atoms with Gasteiger partial charge in [0.1, 0.15) is 0 Å². The van der Waals surface area contributed by atoms with Crippen LogP contribution in [0.5, 0.6) is 0 Å². The van der Waals surface area contributed by atoms with Gasteiger partial charge in [-0.05, 0) is 25.3 Å². The molecule has 0 unspecified atom stereocenters. The molecule has 1 fully saturated rings. The van der Waals surface area contributed by atoms with Crippen molar-refractivity contribution in [2.75, 3.05) is 25.4 Å². The summed E-state index contributed by atoms with van der Waals surface area (Å²) in [6, 6.07) is 0. The van der Waals surface area contributed by atoms with Crippen LogP contribution in [-0.4, -0.2) is 38.1 Å². The Labute approximate surface area is 85.8 Å². The minimum absolute atomic E-state index is 0.0420. The van der Waals surface area contributed by atoms with Crippen molar-refractivity contribution in [1.29, 1.82) is 0 Å². The molecule has 0 spiro atoms. The van der Waals surface area contributed by atoms with Gasteiger partial charge in [0.15, 0.2) is 0 Å². The van der Waals surface area contributed by atoms with Crippen LogP contribution in [-0.2, 0) is 10.0 Å². The summed E-state index contributed by atoms with van der Waals surface area (Å²) in [6.07, 6.45) is 3.20. The van der Waals surface area contributed by atoms with Crippen LogP contribution in [0.15, 0.2) is 12.7 Å². The number of hydrogen-bond donors (Lipinski definition) is 1. The molecule has 82 valence electrons. The number of rotatable bonds is 4. The summed E-state index contributed by atoms with van der Waals surface area (Å²) >= 11 is 0. The van der Waals surface area contributed by atoms with Crippen LogP contribution in [0.4, 0.5) is 0 Å². The van der Waals surface area contributed by atoms with Gasteiger partial charge in [-0.1, -0.05) is 6.08 Å². The van der Waals surface area contributed by atoms with E-state index in [4.69, 9.17) is 5.73 Å². The lowest BCUT2D eigenvalue weighted by Crippen LogP contribution is -2.40. The average molecular weight is 218 g/mol. The predicted octanol–water partition coefficient (Wildman–Crippen LogP) is 0.173. The third kappa shape index (κ3) is 2.80. The third-order valence-corrected chi connectivity index (χ3v) is 4.44. The maximum absolute atomic E-state index is 11.6. The number of sulfonamides is 1. The molecule has 1 aliphatic rings. The van der Waals surface area contributed by atoms with Crippen LogP contribution in [0.2, 0.25) is 0 Å². The average Bonchev–Trinajstić information content (AvgIpc) is 2.18. The van der Waals surface area contributed by atoms with E-state index >= 15 is 0 Å². The SMILES string of the molecule is C=CCS(=O)(=O)N1CCC(CN)CC1. The van der Waals surface area contributed by atoms with Crippen LogP contribution in [0.1, 0.15) is 12.8 Å². The highest BCUT2D eigenvalue weighted by Crippen LogP contribution is 2.18. The van der Waals surface area contributed by atoms with Gasteiger partial charge < -0.3 is 5.73 Å². The highest BCUT2D eigenvalue weighted by atomic mass is 32.2. The molecule has 0 radical (unpaired) electrons. The Hall–Kier alpha value is -0.390. The summed E-state index contributed by atoms with van der Waals surface area (Å²) in [5.41, 5.74) is 5.53. The van der Waals surface area contributed by atoms with Gasteiger partial charge in [-0.25, -0.2) is 12.7 Å². The van der Waals surface area contributed by atoms with Gasteiger partial charge in [0, 0.05) is 13.1 Å². The minimum atomic E-state index is -3.09. The highest BCUT2D eigenvalue weighted by molar-refractivity contribution is 7.89. The summed E-state index contributed by atoms with van der Waals surface area (Å²) in [4.78, 5) is 0. The molecular weight excluding hydrogens is 200 g/mol. The van der Waals surface area contributed by atoms with Gasteiger partial charge in [-0.15, -0.1) is 6.58 Å². The first-order valence-electron chi connectivity index (χ1n) is 4.89. The second kappa shape index (κ2) is 4.91. The van der Waals surface area contributed by atoms with E-state index in [0.29, 0.717) is 25.6 Å². The smallest absolute Gasteiger partial charge is 0.217 e. The molecule has 0 atom stereocenters. The Kier molecular flexibility index (Phi) is 4.10. The minimum Gasteiger partial charge on any atom is -0.330 e. The molecule has 5 heteroatoms. The molecule has 0 aromatic rings. The summed E-state index contributed by atoms with van der Waals surface area (Å²) in [7, 11) is -3.09. The van der Waals surface area contributed by atoms with Crippen molar-refractivity contribution in [3.05, 3.63) is 12.7 Å². The number of piperidine rings is 1. The summed E-state index contributed by atoms with van der Waals surface area (Å²) in [5.74, 6) is 0.533. The van der Waals surface area contributed by atoms with Crippen LogP contribution >= 0.6 is 0 Å². The van der Waals surface area contributed by atoms with E-state index in [9.17, 15) is 8.42 Å². The Morgan fingerprint density at radius 2 is 2.00 bits per heavy atom. The van der Waals surface area contributed by atoms with Crippen molar-refractivity contribution in [2.45, 2.75) is 12.8 Å².